The van der Waals surface area contributed by atoms with E-state index in [0.717, 1.165) is 21.5 Å². The fourth-order valence-electron chi connectivity index (χ4n) is 3.26. The van der Waals surface area contributed by atoms with Gasteiger partial charge < -0.3 is 11.1 Å². The first-order valence-corrected chi connectivity index (χ1v) is 8.56. The largest absolute Gasteiger partial charge is 0.369 e. The number of hydrogen-bond donors (Lipinski definition) is 3. The van der Waals surface area contributed by atoms with E-state index in [1.807, 2.05) is 78.9 Å². The average molecular weight is 354 g/mol. The number of carbonyl (C=O) groups excluding carboxylic acids is 1. The van der Waals surface area contributed by atoms with Crippen LogP contribution in [0.25, 0.3) is 21.5 Å². The number of hydrogen-bond acceptors (Lipinski definition) is 2. The van der Waals surface area contributed by atoms with Crippen LogP contribution in [0, 0.1) is 5.41 Å². The molecule has 132 valence electrons. The van der Waals surface area contributed by atoms with E-state index in [4.69, 9.17) is 11.1 Å². The van der Waals surface area contributed by atoms with Gasteiger partial charge in [-0.15, -0.1) is 0 Å². The summed E-state index contributed by atoms with van der Waals surface area (Å²) in [5.41, 5.74) is 7.01. The molecule has 0 saturated heterocycles. The van der Waals surface area contributed by atoms with E-state index in [0.29, 0.717) is 11.4 Å². The molecule has 0 fully saturated rings. The molecular weight excluding hydrogens is 336 g/mol. The van der Waals surface area contributed by atoms with Gasteiger partial charge in [0, 0.05) is 10.8 Å². The summed E-state index contributed by atoms with van der Waals surface area (Å²) >= 11 is 0. The number of carbonyl (C=O) groups is 1. The highest BCUT2D eigenvalue weighted by molar-refractivity contribution is 6.22. The van der Waals surface area contributed by atoms with Gasteiger partial charge >= 0.3 is 6.03 Å². The number of rotatable bonds is 2. The van der Waals surface area contributed by atoms with Gasteiger partial charge in [0.1, 0.15) is 0 Å². The highest BCUT2D eigenvalue weighted by Crippen LogP contribution is 2.28. The Morgan fingerprint density at radius 2 is 1.33 bits per heavy atom. The number of guanidine groups is 1. The molecule has 27 heavy (non-hydrogen) atoms. The molecule has 5 nitrogen and oxygen atoms in total. The van der Waals surface area contributed by atoms with Crippen LogP contribution in [0.3, 0.4) is 0 Å². The third-order valence-corrected chi connectivity index (χ3v) is 4.48. The van der Waals surface area contributed by atoms with Crippen LogP contribution in [0.4, 0.5) is 16.2 Å². The molecule has 4 N–H and O–H groups in total. The number of amides is 2. The lowest BCUT2D eigenvalue weighted by molar-refractivity contribution is 0.259. The van der Waals surface area contributed by atoms with E-state index in [1.165, 1.54) is 4.90 Å². The van der Waals surface area contributed by atoms with Crippen molar-refractivity contribution in [2.45, 2.75) is 0 Å². The van der Waals surface area contributed by atoms with Crippen molar-refractivity contribution in [2.24, 2.45) is 5.73 Å². The second kappa shape index (κ2) is 6.80. The molecule has 0 radical (unpaired) electrons. The Kier molecular flexibility index (Phi) is 4.18. The van der Waals surface area contributed by atoms with Crippen molar-refractivity contribution in [3.63, 3.8) is 0 Å². The molecule has 0 bridgehead atoms. The first-order valence-electron chi connectivity index (χ1n) is 8.56. The quantitative estimate of drug-likeness (QED) is 0.352. The van der Waals surface area contributed by atoms with Gasteiger partial charge in [0.05, 0.1) is 11.4 Å². The summed E-state index contributed by atoms with van der Waals surface area (Å²) in [7, 11) is 0. The van der Waals surface area contributed by atoms with Crippen LogP contribution in [-0.2, 0) is 0 Å². The molecule has 0 heterocycles. The number of anilines is 2. The maximum absolute atomic E-state index is 13.0. The van der Waals surface area contributed by atoms with Crippen molar-refractivity contribution in [3.8, 4) is 0 Å². The number of nitrogens with one attached hydrogen (secondary N) is 2. The van der Waals surface area contributed by atoms with Crippen molar-refractivity contribution in [3.05, 3.63) is 84.9 Å². The Hall–Kier alpha value is -3.86. The summed E-state index contributed by atoms with van der Waals surface area (Å²) in [5, 5.41) is 14.6. The zero-order valence-electron chi connectivity index (χ0n) is 14.5. The van der Waals surface area contributed by atoms with Gasteiger partial charge in [-0.05, 0) is 22.9 Å². The predicted octanol–water partition coefficient (Wildman–Crippen LogP) is 4.92. The molecule has 0 spiro atoms. The van der Waals surface area contributed by atoms with Crippen LogP contribution in [0.2, 0.25) is 0 Å². The molecule has 0 unspecified atom stereocenters. The summed E-state index contributed by atoms with van der Waals surface area (Å²) < 4.78 is 0. The van der Waals surface area contributed by atoms with Gasteiger partial charge in [0.25, 0.3) is 0 Å². The summed E-state index contributed by atoms with van der Waals surface area (Å²) in [5.74, 6) is -0.343. The SMILES string of the molecule is N=C(N)N(C(=O)Nc1cccc2ccccc12)c1cccc2ccccc12. The standard InChI is InChI=1S/C22H18N4O/c23-21(24)26(20-14-6-10-16-8-2-4-12-18(16)20)22(27)25-19-13-5-9-15-7-1-3-11-17(15)19/h1-14H,(H3,23,24)(H,25,27). The monoisotopic (exact) mass is 354 g/mol. The van der Waals surface area contributed by atoms with E-state index in [-0.39, 0.29) is 5.96 Å². The molecular formula is C22H18N4O. The molecule has 0 aliphatic carbocycles. The van der Waals surface area contributed by atoms with E-state index in [2.05, 4.69) is 5.32 Å². The van der Waals surface area contributed by atoms with E-state index in [9.17, 15) is 4.79 Å². The molecule has 4 rings (SSSR count). The molecule has 4 aromatic carbocycles. The van der Waals surface area contributed by atoms with Crippen molar-refractivity contribution in [1.29, 1.82) is 5.41 Å². The van der Waals surface area contributed by atoms with Crippen LogP contribution in [-0.4, -0.2) is 12.0 Å². The molecule has 0 atom stereocenters. The number of nitrogens with two attached hydrogens (primary N) is 1. The topological polar surface area (TPSA) is 82.2 Å². The summed E-state index contributed by atoms with van der Waals surface area (Å²) in [6.07, 6.45) is 0. The normalized spacial score (nSPS) is 10.7. The molecule has 4 aromatic rings. The molecule has 0 saturated carbocycles. The van der Waals surface area contributed by atoms with Crippen LogP contribution in [0.5, 0.6) is 0 Å². The Morgan fingerprint density at radius 1 is 0.778 bits per heavy atom. The first-order chi connectivity index (χ1) is 13.1. The smallest absolute Gasteiger partial charge is 0.333 e. The van der Waals surface area contributed by atoms with Crippen molar-refractivity contribution in [1.82, 2.24) is 0 Å². The summed E-state index contributed by atoms with van der Waals surface area (Å²) in [6.45, 7) is 0. The fraction of sp³-hybridized carbons (Fsp3) is 0. The third-order valence-electron chi connectivity index (χ3n) is 4.48. The van der Waals surface area contributed by atoms with Gasteiger partial charge in [-0.2, -0.15) is 0 Å². The first kappa shape index (κ1) is 16.6. The number of urea groups is 1. The Balaban J connectivity index is 1.76. The minimum absolute atomic E-state index is 0.343. The Morgan fingerprint density at radius 3 is 2.04 bits per heavy atom. The zero-order valence-corrected chi connectivity index (χ0v) is 14.5. The molecule has 0 aliphatic rings. The summed E-state index contributed by atoms with van der Waals surface area (Å²) in [6, 6.07) is 26.3. The van der Waals surface area contributed by atoms with Gasteiger partial charge in [-0.3, -0.25) is 5.41 Å². The van der Waals surface area contributed by atoms with Gasteiger partial charge in [0.2, 0.25) is 5.96 Å². The number of benzene rings is 4. The second-order valence-electron chi connectivity index (χ2n) is 6.18. The Bertz CT molecular complexity index is 1160. The molecule has 2 amide bonds. The minimum Gasteiger partial charge on any atom is -0.369 e. The molecule has 0 aromatic heterocycles. The van der Waals surface area contributed by atoms with Gasteiger partial charge in [-0.1, -0.05) is 72.8 Å². The van der Waals surface area contributed by atoms with Crippen LogP contribution in [0.15, 0.2) is 84.9 Å². The van der Waals surface area contributed by atoms with Crippen molar-refractivity contribution in [2.75, 3.05) is 10.2 Å². The van der Waals surface area contributed by atoms with Crippen LogP contribution >= 0.6 is 0 Å². The fourth-order valence-corrected chi connectivity index (χ4v) is 3.26. The van der Waals surface area contributed by atoms with Crippen molar-refractivity contribution < 1.29 is 4.79 Å². The second-order valence-corrected chi connectivity index (χ2v) is 6.18. The van der Waals surface area contributed by atoms with E-state index in [1.54, 1.807) is 6.07 Å². The highest BCUT2D eigenvalue weighted by atomic mass is 16.2. The number of fused-ring (bicyclic) bond motifs is 2. The van der Waals surface area contributed by atoms with Crippen molar-refractivity contribution >= 4 is 44.9 Å². The Labute approximate surface area is 156 Å². The molecule has 5 heteroatoms. The van der Waals surface area contributed by atoms with E-state index >= 15 is 0 Å². The predicted molar refractivity (Wildman–Crippen MR) is 111 cm³/mol. The minimum atomic E-state index is -0.477. The highest BCUT2D eigenvalue weighted by Gasteiger charge is 2.21. The maximum Gasteiger partial charge on any atom is 0.333 e. The molecule has 0 aliphatic heterocycles. The van der Waals surface area contributed by atoms with Gasteiger partial charge in [-0.25, -0.2) is 9.69 Å². The lowest BCUT2D eigenvalue weighted by atomic mass is 10.1. The zero-order chi connectivity index (χ0) is 18.8. The number of nitrogens with zero attached hydrogens (tertiary/aromatic N) is 1. The third kappa shape index (κ3) is 3.06. The van der Waals surface area contributed by atoms with Gasteiger partial charge in [0.15, 0.2) is 0 Å². The average Bonchev–Trinajstić information content (AvgIpc) is 2.68. The maximum atomic E-state index is 13.0. The lowest BCUT2D eigenvalue weighted by Crippen LogP contribution is -2.44. The van der Waals surface area contributed by atoms with Crippen LogP contribution in [0.1, 0.15) is 0 Å². The summed E-state index contributed by atoms with van der Waals surface area (Å²) in [4.78, 5) is 14.2. The van der Waals surface area contributed by atoms with Crippen LogP contribution < -0.4 is 16.0 Å². The lowest BCUT2D eigenvalue weighted by Gasteiger charge is -2.23. The van der Waals surface area contributed by atoms with E-state index < -0.39 is 6.03 Å².